The summed E-state index contributed by atoms with van der Waals surface area (Å²) in [4.78, 5) is 25.2. The van der Waals surface area contributed by atoms with Gasteiger partial charge in [-0.2, -0.15) is 0 Å². The summed E-state index contributed by atoms with van der Waals surface area (Å²) < 4.78 is 5.20. The third-order valence-electron chi connectivity index (χ3n) is 4.65. The molecule has 3 rings (SSSR count). The van der Waals surface area contributed by atoms with E-state index in [1.54, 1.807) is 0 Å². The normalized spacial score (nSPS) is 15.9. The van der Waals surface area contributed by atoms with Crippen LogP contribution in [0, 0.1) is 10.1 Å². The third-order valence-corrected chi connectivity index (χ3v) is 4.65. The zero-order valence-electron chi connectivity index (χ0n) is 14.8. The van der Waals surface area contributed by atoms with E-state index in [1.165, 1.54) is 30.9 Å². The van der Waals surface area contributed by atoms with Gasteiger partial charge in [0.15, 0.2) is 0 Å². The number of nitrogens with zero attached hydrogens (tertiary/aromatic N) is 2. The van der Waals surface area contributed by atoms with Gasteiger partial charge >= 0.3 is 0 Å². The number of para-hydroxylation sites is 1. The van der Waals surface area contributed by atoms with E-state index >= 15 is 0 Å². The summed E-state index contributed by atoms with van der Waals surface area (Å²) in [5, 5.41) is 13.7. The lowest BCUT2D eigenvalue weighted by Gasteiger charge is -2.36. The van der Waals surface area contributed by atoms with Crippen LogP contribution in [0.15, 0.2) is 42.5 Å². The second-order valence-electron chi connectivity index (χ2n) is 6.33. The highest BCUT2D eigenvalue weighted by atomic mass is 16.6. The minimum atomic E-state index is -0.502. The highest BCUT2D eigenvalue weighted by Crippen LogP contribution is 2.31. The number of amides is 1. The molecule has 1 amide bonds. The highest BCUT2D eigenvalue weighted by molar-refractivity contribution is 5.96. The van der Waals surface area contributed by atoms with Gasteiger partial charge in [-0.3, -0.25) is 14.9 Å². The van der Waals surface area contributed by atoms with Crippen LogP contribution in [0.5, 0.6) is 5.75 Å². The first-order valence-corrected chi connectivity index (χ1v) is 8.46. The number of carbonyl (C=O) groups is 1. The monoisotopic (exact) mass is 355 g/mol. The Hall–Kier alpha value is -3.09. The number of hydrogen-bond acceptors (Lipinski definition) is 5. The molecule has 0 aromatic heterocycles. The van der Waals surface area contributed by atoms with E-state index in [9.17, 15) is 14.9 Å². The predicted octanol–water partition coefficient (Wildman–Crippen LogP) is 3.38. The fourth-order valence-electron chi connectivity index (χ4n) is 3.25. The molecule has 0 spiro atoms. The van der Waals surface area contributed by atoms with Crippen molar-refractivity contribution < 1.29 is 14.5 Å². The maximum atomic E-state index is 12.6. The summed E-state index contributed by atoms with van der Waals surface area (Å²) in [5.41, 5.74) is 2.49. The van der Waals surface area contributed by atoms with Crippen molar-refractivity contribution in [2.75, 3.05) is 23.9 Å². The number of nitro groups is 1. The van der Waals surface area contributed by atoms with E-state index in [1.807, 2.05) is 18.2 Å². The van der Waals surface area contributed by atoms with Crippen LogP contribution in [-0.4, -0.2) is 30.5 Å². The minimum absolute atomic E-state index is 0.0993. The number of carbonyl (C=O) groups excluding carboxylic acids is 1. The largest absolute Gasteiger partial charge is 0.495 e. The van der Waals surface area contributed by atoms with E-state index < -0.39 is 4.92 Å². The van der Waals surface area contributed by atoms with Gasteiger partial charge in [-0.05, 0) is 37.5 Å². The van der Waals surface area contributed by atoms with Gasteiger partial charge in [0.2, 0.25) is 5.91 Å². The first-order valence-electron chi connectivity index (χ1n) is 8.46. The number of benzene rings is 2. The number of rotatable bonds is 5. The topological polar surface area (TPSA) is 84.7 Å². The summed E-state index contributed by atoms with van der Waals surface area (Å²) in [6.07, 6.45) is 1.97. The lowest BCUT2D eigenvalue weighted by Crippen LogP contribution is -2.42. The van der Waals surface area contributed by atoms with E-state index in [-0.39, 0.29) is 24.2 Å². The second-order valence-corrected chi connectivity index (χ2v) is 6.33. The molecule has 1 aliphatic rings. The van der Waals surface area contributed by atoms with E-state index in [2.05, 4.69) is 23.2 Å². The molecule has 136 valence electrons. The van der Waals surface area contributed by atoms with Crippen molar-refractivity contribution >= 4 is 23.0 Å². The number of methoxy groups -OCH3 is 1. The van der Waals surface area contributed by atoms with Gasteiger partial charge in [-0.15, -0.1) is 0 Å². The number of aryl methyl sites for hydroxylation is 1. The first kappa shape index (κ1) is 17.7. The van der Waals surface area contributed by atoms with E-state index in [0.29, 0.717) is 11.4 Å². The van der Waals surface area contributed by atoms with Gasteiger partial charge in [0.1, 0.15) is 5.75 Å². The molecule has 2 aromatic rings. The Morgan fingerprint density at radius 2 is 2.12 bits per heavy atom. The summed E-state index contributed by atoms with van der Waals surface area (Å²) in [7, 11) is 1.46. The number of fused-ring (bicyclic) bond motifs is 1. The van der Waals surface area contributed by atoms with Crippen molar-refractivity contribution in [3.63, 3.8) is 0 Å². The number of ether oxygens (including phenoxy) is 1. The number of nitrogens with one attached hydrogen (secondary N) is 1. The lowest BCUT2D eigenvalue weighted by atomic mass is 9.96. The van der Waals surface area contributed by atoms with Gasteiger partial charge in [0.05, 0.1) is 24.3 Å². The van der Waals surface area contributed by atoms with Crippen LogP contribution in [0.2, 0.25) is 0 Å². The molecule has 0 fully saturated rings. The van der Waals surface area contributed by atoms with E-state index in [4.69, 9.17) is 4.74 Å². The van der Waals surface area contributed by atoms with Crippen LogP contribution >= 0.6 is 0 Å². The Balaban J connectivity index is 1.79. The van der Waals surface area contributed by atoms with Crippen LogP contribution in [0.25, 0.3) is 0 Å². The third kappa shape index (κ3) is 3.61. The Kier molecular flexibility index (Phi) is 5.06. The Labute approximate surface area is 151 Å². The Morgan fingerprint density at radius 3 is 2.85 bits per heavy atom. The number of anilines is 2. The molecule has 1 N–H and O–H groups in total. The maximum Gasteiger partial charge on any atom is 0.271 e. The number of nitro benzene ring substituents is 1. The van der Waals surface area contributed by atoms with Crippen molar-refractivity contribution in [2.45, 2.75) is 25.8 Å². The predicted molar refractivity (Wildman–Crippen MR) is 99.8 cm³/mol. The van der Waals surface area contributed by atoms with Crippen molar-refractivity contribution in [2.24, 2.45) is 0 Å². The fourth-order valence-corrected chi connectivity index (χ4v) is 3.25. The first-order chi connectivity index (χ1) is 12.5. The van der Waals surface area contributed by atoms with Gasteiger partial charge in [0, 0.05) is 23.9 Å². The smallest absolute Gasteiger partial charge is 0.271 e. The second kappa shape index (κ2) is 7.43. The van der Waals surface area contributed by atoms with Crippen LogP contribution in [0.4, 0.5) is 17.1 Å². The zero-order valence-corrected chi connectivity index (χ0v) is 14.8. The molecule has 0 radical (unpaired) electrons. The molecule has 0 saturated carbocycles. The summed E-state index contributed by atoms with van der Waals surface area (Å²) in [5.74, 6) is 0.142. The molecule has 26 heavy (non-hydrogen) atoms. The van der Waals surface area contributed by atoms with Gasteiger partial charge < -0.3 is 15.0 Å². The van der Waals surface area contributed by atoms with Crippen molar-refractivity contribution in [1.29, 1.82) is 0 Å². The summed E-state index contributed by atoms with van der Waals surface area (Å²) >= 11 is 0. The van der Waals surface area contributed by atoms with E-state index in [0.717, 1.165) is 18.5 Å². The molecule has 1 atom stereocenters. The van der Waals surface area contributed by atoms with Crippen LogP contribution in [-0.2, 0) is 11.2 Å². The Bertz CT molecular complexity index is 837. The molecule has 2 aromatic carbocycles. The summed E-state index contributed by atoms with van der Waals surface area (Å²) in [6, 6.07) is 12.4. The average molecular weight is 355 g/mol. The molecule has 1 aliphatic heterocycles. The SMILES string of the molecule is COc1ccc([N+](=O)[O-])cc1NC(=O)CN1c2ccccc2CC[C@@H]1C. The van der Waals surface area contributed by atoms with Crippen molar-refractivity contribution in [3.8, 4) is 5.75 Å². The van der Waals surface area contributed by atoms with Crippen molar-refractivity contribution in [1.82, 2.24) is 0 Å². The molecule has 7 nitrogen and oxygen atoms in total. The van der Waals surface area contributed by atoms with Gasteiger partial charge in [-0.25, -0.2) is 0 Å². The Morgan fingerprint density at radius 1 is 1.35 bits per heavy atom. The average Bonchev–Trinajstić information content (AvgIpc) is 2.64. The maximum absolute atomic E-state index is 12.6. The molecule has 0 saturated heterocycles. The zero-order chi connectivity index (χ0) is 18.7. The molecule has 0 aliphatic carbocycles. The van der Waals surface area contributed by atoms with Gasteiger partial charge in [0.25, 0.3) is 5.69 Å². The van der Waals surface area contributed by atoms with Crippen LogP contribution < -0.4 is 15.0 Å². The number of hydrogen-bond donors (Lipinski definition) is 1. The minimum Gasteiger partial charge on any atom is -0.495 e. The fraction of sp³-hybridized carbons (Fsp3) is 0.316. The standard InChI is InChI=1S/C19H21N3O4/c1-13-7-8-14-5-3-4-6-17(14)21(13)12-19(23)20-16-11-15(22(24)25)9-10-18(16)26-2/h3-6,9-11,13H,7-8,12H2,1-2H3,(H,20,23)/t13-/m0/s1. The molecule has 0 unspecified atom stereocenters. The van der Waals surface area contributed by atoms with Gasteiger partial charge in [-0.1, -0.05) is 18.2 Å². The quantitative estimate of drug-likeness (QED) is 0.656. The molecular weight excluding hydrogens is 334 g/mol. The van der Waals surface area contributed by atoms with Crippen LogP contribution in [0.3, 0.4) is 0 Å². The highest BCUT2D eigenvalue weighted by Gasteiger charge is 2.25. The molecule has 1 heterocycles. The lowest BCUT2D eigenvalue weighted by molar-refractivity contribution is -0.384. The summed E-state index contributed by atoms with van der Waals surface area (Å²) in [6.45, 7) is 2.27. The molecule has 7 heteroatoms. The molecule has 0 bridgehead atoms. The van der Waals surface area contributed by atoms with Crippen LogP contribution in [0.1, 0.15) is 18.9 Å². The number of non-ortho nitro benzene ring substituents is 1. The van der Waals surface area contributed by atoms with Crippen molar-refractivity contribution in [3.05, 3.63) is 58.1 Å². The molecular formula is C19H21N3O4.